The minimum absolute atomic E-state index is 0.0599. The molecule has 0 amide bonds. The quantitative estimate of drug-likeness (QED) is 0.775. The zero-order valence-corrected chi connectivity index (χ0v) is 11.3. The van der Waals surface area contributed by atoms with Crippen LogP contribution in [0, 0.1) is 20.8 Å². The zero-order chi connectivity index (χ0) is 13.3. The number of ketones is 1. The number of aromatic nitrogens is 2. The molecule has 1 heterocycles. The summed E-state index contributed by atoms with van der Waals surface area (Å²) >= 11 is 0. The van der Waals surface area contributed by atoms with Crippen LogP contribution in [-0.2, 0) is 6.54 Å². The smallest absolute Gasteiger partial charge is 0.196 e. The molecule has 18 heavy (non-hydrogen) atoms. The van der Waals surface area contributed by atoms with Crippen molar-refractivity contribution in [3.05, 3.63) is 52.3 Å². The predicted molar refractivity (Wildman–Crippen MR) is 72.0 cm³/mol. The summed E-state index contributed by atoms with van der Waals surface area (Å²) in [7, 11) is 0. The molecule has 2 aromatic rings. The van der Waals surface area contributed by atoms with Crippen molar-refractivity contribution in [2.75, 3.05) is 0 Å². The number of hydrogen-bond donors (Lipinski definition) is 0. The second-order valence-electron chi connectivity index (χ2n) is 4.69. The average Bonchev–Trinajstić information content (AvgIpc) is 2.75. The van der Waals surface area contributed by atoms with E-state index in [0.29, 0.717) is 5.56 Å². The highest BCUT2D eigenvalue weighted by atomic mass is 16.1. The Labute approximate surface area is 107 Å². The van der Waals surface area contributed by atoms with Crippen molar-refractivity contribution in [3.63, 3.8) is 0 Å². The number of aryl methyl sites for hydroxylation is 4. The fourth-order valence-electron chi connectivity index (χ4n) is 2.34. The van der Waals surface area contributed by atoms with E-state index in [9.17, 15) is 4.79 Å². The lowest BCUT2D eigenvalue weighted by Gasteiger charge is -2.09. The van der Waals surface area contributed by atoms with Crippen LogP contribution in [0.4, 0.5) is 0 Å². The number of rotatable bonds is 3. The normalized spacial score (nSPS) is 10.7. The van der Waals surface area contributed by atoms with Crippen LogP contribution in [0.3, 0.4) is 0 Å². The van der Waals surface area contributed by atoms with Crippen LogP contribution < -0.4 is 0 Å². The number of benzene rings is 1. The molecule has 0 aliphatic heterocycles. The molecule has 0 spiro atoms. The molecule has 94 valence electrons. The van der Waals surface area contributed by atoms with E-state index in [4.69, 9.17) is 0 Å². The third kappa shape index (κ3) is 2.21. The maximum absolute atomic E-state index is 12.5. The van der Waals surface area contributed by atoms with Crippen molar-refractivity contribution in [2.24, 2.45) is 0 Å². The molecular formula is C15H18N2O. The van der Waals surface area contributed by atoms with Gasteiger partial charge in [0.15, 0.2) is 5.78 Å². The summed E-state index contributed by atoms with van der Waals surface area (Å²) in [6, 6.07) is 4.09. The molecule has 0 fully saturated rings. The van der Waals surface area contributed by atoms with Crippen LogP contribution in [0.5, 0.6) is 0 Å². The Balaban J connectivity index is 2.46. The van der Waals surface area contributed by atoms with Crippen LogP contribution in [0.25, 0.3) is 0 Å². The lowest BCUT2D eigenvalue weighted by molar-refractivity contribution is 0.103. The number of carbonyl (C=O) groups excluding carboxylic acids is 1. The first-order valence-electron chi connectivity index (χ1n) is 6.18. The van der Waals surface area contributed by atoms with Gasteiger partial charge in [0.05, 0.1) is 11.8 Å². The molecule has 3 nitrogen and oxygen atoms in total. The molecule has 0 saturated heterocycles. The van der Waals surface area contributed by atoms with Crippen molar-refractivity contribution in [1.29, 1.82) is 0 Å². The first kappa shape index (κ1) is 12.6. The largest absolute Gasteiger partial charge is 0.288 e. The second kappa shape index (κ2) is 4.77. The highest BCUT2D eigenvalue weighted by Gasteiger charge is 2.16. The average molecular weight is 242 g/mol. The molecule has 2 rings (SSSR count). The van der Waals surface area contributed by atoms with Crippen LogP contribution in [0.15, 0.2) is 24.5 Å². The molecule has 0 saturated carbocycles. The first-order chi connectivity index (χ1) is 8.52. The minimum atomic E-state index is 0.0599. The summed E-state index contributed by atoms with van der Waals surface area (Å²) in [5, 5.41) is 4.15. The van der Waals surface area contributed by atoms with E-state index in [0.717, 1.165) is 23.2 Å². The summed E-state index contributed by atoms with van der Waals surface area (Å²) in [4.78, 5) is 12.5. The minimum Gasteiger partial charge on any atom is -0.288 e. The van der Waals surface area contributed by atoms with Crippen LogP contribution >= 0.6 is 0 Å². The highest BCUT2D eigenvalue weighted by molar-refractivity contribution is 6.10. The van der Waals surface area contributed by atoms with Gasteiger partial charge in [-0.25, -0.2) is 0 Å². The van der Waals surface area contributed by atoms with Crippen molar-refractivity contribution >= 4 is 5.78 Å². The molecule has 0 aliphatic carbocycles. The van der Waals surface area contributed by atoms with E-state index >= 15 is 0 Å². The molecule has 0 unspecified atom stereocenters. The molecular weight excluding hydrogens is 224 g/mol. The molecule has 0 aliphatic rings. The molecule has 1 aromatic carbocycles. The van der Waals surface area contributed by atoms with E-state index in [1.54, 1.807) is 17.1 Å². The van der Waals surface area contributed by atoms with Gasteiger partial charge in [0.1, 0.15) is 0 Å². The lowest BCUT2D eigenvalue weighted by Crippen LogP contribution is -2.06. The van der Waals surface area contributed by atoms with Crippen molar-refractivity contribution in [1.82, 2.24) is 9.78 Å². The van der Waals surface area contributed by atoms with E-state index in [1.807, 2.05) is 39.8 Å². The van der Waals surface area contributed by atoms with Crippen LogP contribution in [0.2, 0.25) is 0 Å². The Bertz CT molecular complexity index is 573. The fourth-order valence-corrected chi connectivity index (χ4v) is 2.34. The summed E-state index contributed by atoms with van der Waals surface area (Å²) in [5.41, 5.74) is 4.71. The van der Waals surface area contributed by atoms with Gasteiger partial charge in [0, 0.05) is 18.3 Å². The summed E-state index contributed by atoms with van der Waals surface area (Å²) in [6.45, 7) is 8.79. The van der Waals surface area contributed by atoms with Gasteiger partial charge in [-0.15, -0.1) is 0 Å². The second-order valence-corrected chi connectivity index (χ2v) is 4.69. The summed E-state index contributed by atoms with van der Waals surface area (Å²) < 4.78 is 1.77. The predicted octanol–water partition coefficient (Wildman–Crippen LogP) is 3.06. The fraction of sp³-hybridized carbons (Fsp3) is 0.333. The Hall–Kier alpha value is -1.90. The number of hydrogen-bond acceptors (Lipinski definition) is 2. The van der Waals surface area contributed by atoms with Crippen molar-refractivity contribution in [3.8, 4) is 0 Å². The maximum Gasteiger partial charge on any atom is 0.196 e. The first-order valence-corrected chi connectivity index (χ1v) is 6.18. The zero-order valence-electron chi connectivity index (χ0n) is 11.3. The van der Waals surface area contributed by atoms with Crippen molar-refractivity contribution < 1.29 is 4.79 Å². The third-order valence-electron chi connectivity index (χ3n) is 3.12. The summed E-state index contributed by atoms with van der Waals surface area (Å²) in [5.74, 6) is 0.0599. The lowest BCUT2D eigenvalue weighted by atomic mass is 9.94. The Morgan fingerprint density at radius 2 is 1.83 bits per heavy atom. The monoisotopic (exact) mass is 242 g/mol. The third-order valence-corrected chi connectivity index (χ3v) is 3.12. The van der Waals surface area contributed by atoms with Gasteiger partial charge in [-0.1, -0.05) is 17.7 Å². The molecule has 1 aromatic heterocycles. The number of nitrogens with zero attached hydrogens (tertiary/aromatic N) is 2. The van der Waals surface area contributed by atoms with E-state index < -0.39 is 0 Å². The standard InChI is InChI=1S/C15H18N2O/c1-5-17-9-13(8-16-17)15(18)14-11(3)6-10(2)7-12(14)4/h6-9H,5H2,1-4H3. The van der Waals surface area contributed by atoms with Crippen LogP contribution in [0.1, 0.15) is 39.5 Å². The van der Waals surface area contributed by atoms with Gasteiger partial charge in [-0.05, 0) is 38.8 Å². The molecule has 0 radical (unpaired) electrons. The molecule has 0 bridgehead atoms. The summed E-state index contributed by atoms with van der Waals surface area (Å²) in [6.07, 6.45) is 3.45. The Morgan fingerprint density at radius 1 is 1.22 bits per heavy atom. The Morgan fingerprint density at radius 3 is 2.33 bits per heavy atom. The molecule has 0 atom stereocenters. The SMILES string of the molecule is CCn1cc(C(=O)c2c(C)cc(C)cc2C)cn1. The van der Waals surface area contributed by atoms with Gasteiger partial charge in [0.25, 0.3) is 0 Å². The molecule has 3 heteroatoms. The van der Waals surface area contributed by atoms with E-state index in [-0.39, 0.29) is 5.78 Å². The molecule has 0 N–H and O–H groups in total. The van der Waals surface area contributed by atoms with Crippen molar-refractivity contribution in [2.45, 2.75) is 34.2 Å². The van der Waals surface area contributed by atoms with Gasteiger partial charge in [-0.2, -0.15) is 5.10 Å². The topological polar surface area (TPSA) is 34.9 Å². The highest BCUT2D eigenvalue weighted by Crippen LogP contribution is 2.20. The van der Waals surface area contributed by atoms with Gasteiger partial charge >= 0.3 is 0 Å². The van der Waals surface area contributed by atoms with E-state index in [2.05, 4.69) is 5.10 Å². The van der Waals surface area contributed by atoms with Crippen LogP contribution in [-0.4, -0.2) is 15.6 Å². The number of carbonyl (C=O) groups is 1. The van der Waals surface area contributed by atoms with Gasteiger partial charge in [0.2, 0.25) is 0 Å². The van der Waals surface area contributed by atoms with Gasteiger partial charge < -0.3 is 0 Å². The Kier molecular flexibility index (Phi) is 3.32. The van der Waals surface area contributed by atoms with E-state index in [1.165, 1.54) is 5.56 Å². The maximum atomic E-state index is 12.5. The van der Waals surface area contributed by atoms with Gasteiger partial charge in [-0.3, -0.25) is 9.48 Å².